The largest absolute Gasteiger partial charge is 0.489 e. The van der Waals surface area contributed by atoms with Crippen molar-refractivity contribution < 1.29 is 9.66 Å². The predicted octanol–water partition coefficient (Wildman–Crippen LogP) is 2.99. The normalized spacial score (nSPS) is 10.7. The average Bonchev–Trinajstić information content (AvgIpc) is 2.45. The van der Waals surface area contributed by atoms with Crippen LogP contribution in [0, 0.1) is 10.1 Å². The van der Waals surface area contributed by atoms with Crippen molar-refractivity contribution in [2.24, 2.45) is 0 Å². The van der Waals surface area contributed by atoms with E-state index in [1.54, 1.807) is 12.1 Å². The summed E-state index contributed by atoms with van der Waals surface area (Å²) in [6, 6.07) is 14.7. The van der Waals surface area contributed by atoms with Crippen molar-refractivity contribution in [2.75, 3.05) is 21.1 Å². The summed E-state index contributed by atoms with van der Waals surface area (Å²) in [5.74, 6) is 0.503. The molecule has 2 aromatic carbocycles. The van der Waals surface area contributed by atoms with Crippen LogP contribution in [0.4, 0.5) is 11.4 Å². The Morgan fingerprint density at radius 3 is 2.27 bits per heavy atom. The molecule has 0 atom stereocenters. The molecule has 4 radical (unpaired) electrons. The fourth-order valence-corrected chi connectivity index (χ4v) is 2.05. The second-order valence-electron chi connectivity index (χ2n) is 5.69. The SMILES string of the molecule is C[N+](C)(C)c1ccc(OCc2ccccc2)cc1[N+](=O)[O-].[Sn]. The second-order valence-corrected chi connectivity index (χ2v) is 5.69. The van der Waals surface area contributed by atoms with Crippen LogP contribution in [0.2, 0.25) is 0 Å². The van der Waals surface area contributed by atoms with Crippen LogP contribution in [-0.2, 0) is 6.61 Å². The van der Waals surface area contributed by atoms with E-state index in [1.165, 1.54) is 6.07 Å². The number of ether oxygens (including phenoxy) is 1. The first-order valence-corrected chi connectivity index (χ1v) is 6.65. The Labute approximate surface area is 147 Å². The van der Waals surface area contributed by atoms with Gasteiger partial charge in [0.2, 0.25) is 5.69 Å². The maximum atomic E-state index is 11.2. The molecule has 5 nitrogen and oxygen atoms in total. The van der Waals surface area contributed by atoms with Gasteiger partial charge in [-0.15, -0.1) is 0 Å². The molecular formula is C16H19N2O3Sn+. The van der Waals surface area contributed by atoms with Gasteiger partial charge in [-0.1, -0.05) is 30.3 Å². The van der Waals surface area contributed by atoms with E-state index in [4.69, 9.17) is 4.74 Å². The van der Waals surface area contributed by atoms with Crippen molar-refractivity contribution in [1.29, 1.82) is 0 Å². The molecule has 0 aliphatic heterocycles. The first kappa shape index (κ1) is 18.4. The molecule has 0 saturated carbocycles. The molecule has 0 saturated heterocycles. The maximum Gasteiger partial charge on any atom is 0.333 e. The van der Waals surface area contributed by atoms with E-state index in [1.807, 2.05) is 51.5 Å². The minimum absolute atomic E-state index is 0. The zero-order valence-electron chi connectivity index (χ0n) is 12.9. The maximum absolute atomic E-state index is 11.2. The van der Waals surface area contributed by atoms with Crippen LogP contribution in [0.15, 0.2) is 48.5 Å². The minimum Gasteiger partial charge on any atom is -0.489 e. The molecule has 0 spiro atoms. The third-order valence-electron chi connectivity index (χ3n) is 3.11. The van der Waals surface area contributed by atoms with Crippen LogP contribution >= 0.6 is 0 Å². The summed E-state index contributed by atoms with van der Waals surface area (Å²) in [5, 5.41) is 11.2. The Balaban J connectivity index is 0.00000242. The molecule has 22 heavy (non-hydrogen) atoms. The number of hydrogen-bond donors (Lipinski definition) is 0. The Morgan fingerprint density at radius 1 is 1.09 bits per heavy atom. The molecule has 0 aliphatic rings. The Hall–Kier alpha value is -1.60. The van der Waals surface area contributed by atoms with Gasteiger partial charge in [0, 0.05) is 30.0 Å². The van der Waals surface area contributed by atoms with Gasteiger partial charge in [0.15, 0.2) is 0 Å². The molecule has 0 bridgehead atoms. The minimum atomic E-state index is -0.367. The number of rotatable bonds is 5. The Kier molecular flexibility index (Phi) is 6.37. The molecule has 0 amide bonds. The van der Waals surface area contributed by atoms with E-state index in [0.29, 0.717) is 22.5 Å². The summed E-state index contributed by atoms with van der Waals surface area (Å²) in [4.78, 5) is 10.9. The van der Waals surface area contributed by atoms with Gasteiger partial charge in [0.25, 0.3) is 0 Å². The van der Waals surface area contributed by atoms with E-state index >= 15 is 0 Å². The van der Waals surface area contributed by atoms with Crippen LogP contribution in [0.5, 0.6) is 5.75 Å². The van der Waals surface area contributed by atoms with Gasteiger partial charge in [-0.2, -0.15) is 0 Å². The van der Waals surface area contributed by atoms with Gasteiger partial charge in [-0.3, -0.25) is 14.6 Å². The van der Waals surface area contributed by atoms with Crippen LogP contribution in [-0.4, -0.2) is 50.0 Å². The third-order valence-corrected chi connectivity index (χ3v) is 3.11. The number of quaternary nitrogens is 1. The summed E-state index contributed by atoms with van der Waals surface area (Å²) in [6.45, 7) is 0.391. The van der Waals surface area contributed by atoms with E-state index in [9.17, 15) is 10.1 Å². The zero-order chi connectivity index (χ0) is 15.5. The van der Waals surface area contributed by atoms with E-state index < -0.39 is 0 Å². The molecule has 2 rings (SSSR count). The first-order valence-electron chi connectivity index (χ1n) is 6.65. The monoisotopic (exact) mass is 407 g/mol. The van der Waals surface area contributed by atoms with Crippen LogP contribution in [0.1, 0.15) is 5.56 Å². The number of nitro benzene ring substituents is 1. The summed E-state index contributed by atoms with van der Waals surface area (Å²) < 4.78 is 6.02. The third kappa shape index (κ3) is 4.71. The van der Waals surface area contributed by atoms with Gasteiger partial charge < -0.3 is 4.74 Å². The first-order chi connectivity index (χ1) is 9.88. The van der Waals surface area contributed by atoms with Crippen molar-refractivity contribution in [3.63, 3.8) is 0 Å². The van der Waals surface area contributed by atoms with Gasteiger partial charge in [0.05, 0.1) is 32.1 Å². The van der Waals surface area contributed by atoms with E-state index in [-0.39, 0.29) is 34.5 Å². The summed E-state index contributed by atoms with van der Waals surface area (Å²) in [5.41, 5.74) is 1.75. The second kappa shape index (κ2) is 7.60. The Morgan fingerprint density at radius 2 is 1.73 bits per heavy atom. The summed E-state index contributed by atoms with van der Waals surface area (Å²) >= 11 is 0. The number of hydrogen-bond acceptors (Lipinski definition) is 3. The standard InChI is InChI=1S/C16H19N2O3.Sn/c1-18(2,3)16-10-9-14(11-15(16)17(19)20)21-12-13-7-5-4-6-8-13;/h4-11H,12H2,1-3H3;/q+1;. The van der Waals surface area contributed by atoms with Crippen molar-refractivity contribution in [2.45, 2.75) is 6.61 Å². The van der Waals surface area contributed by atoms with Crippen molar-refractivity contribution in [1.82, 2.24) is 4.48 Å². The van der Waals surface area contributed by atoms with Gasteiger partial charge in [0.1, 0.15) is 12.4 Å². The summed E-state index contributed by atoms with van der Waals surface area (Å²) in [6.07, 6.45) is 0. The predicted molar refractivity (Wildman–Crippen MR) is 89.2 cm³/mol. The van der Waals surface area contributed by atoms with Crippen LogP contribution in [0.25, 0.3) is 0 Å². The fourth-order valence-electron chi connectivity index (χ4n) is 2.05. The molecule has 6 heteroatoms. The van der Waals surface area contributed by atoms with E-state index in [2.05, 4.69) is 0 Å². The van der Waals surface area contributed by atoms with Crippen molar-refractivity contribution >= 4 is 35.3 Å². The smallest absolute Gasteiger partial charge is 0.333 e. The van der Waals surface area contributed by atoms with Crippen molar-refractivity contribution in [3.8, 4) is 5.75 Å². The topological polar surface area (TPSA) is 52.4 Å². The molecule has 0 heterocycles. The van der Waals surface area contributed by atoms with E-state index in [0.717, 1.165) is 5.56 Å². The molecule has 0 N–H and O–H groups in total. The zero-order valence-corrected chi connectivity index (χ0v) is 15.8. The number of benzene rings is 2. The molecule has 2 aromatic rings. The molecule has 0 aromatic heterocycles. The average molecular weight is 406 g/mol. The van der Waals surface area contributed by atoms with Crippen LogP contribution < -0.4 is 9.22 Å². The van der Waals surface area contributed by atoms with Gasteiger partial charge >= 0.3 is 5.69 Å². The number of nitro groups is 1. The van der Waals surface area contributed by atoms with Gasteiger partial charge in [-0.25, -0.2) is 0 Å². The summed E-state index contributed by atoms with van der Waals surface area (Å²) in [7, 11) is 5.69. The fraction of sp³-hybridized carbons (Fsp3) is 0.250. The Bertz CT molecular complexity index is 640. The number of nitrogens with zero attached hydrogens (tertiary/aromatic N) is 2. The quantitative estimate of drug-likeness (QED) is 0.332. The molecule has 114 valence electrons. The van der Waals surface area contributed by atoms with Gasteiger partial charge in [-0.05, 0) is 11.6 Å². The molecule has 0 fully saturated rings. The molecule has 0 aliphatic carbocycles. The van der Waals surface area contributed by atoms with Crippen LogP contribution in [0.3, 0.4) is 0 Å². The molecular weight excluding hydrogens is 387 g/mol. The van der Waals surface area contributed by atoms with Crippen molar-refractivity contribution in [3.05, 3.63) is 64.2 Å². The molecule has 0 unspecified atom stereocenters.